The lowest BCUT2D eigenvalue weighted by Gasteiger charge is -2.40. The summed E-state index contributed by atoms with van der Waals surface area (Å²) < 4.78 is 10.9. The molecule has 0 aromatic heterocycles. The molecule has 0 saturated carbocycles. The maximum absolute atomic E-state index is 5.66. The quantitative estimate of drug-likeness (QED) is 0.462. The minimum absolute atomic E-state index is 0.370. The van der Waals surface area contributed by atoms with Gasteiger partial charge >= 0.3 is 0 Å². The molecule has 0 spiro atoms. The van der Waals surface area contributed by atoms with Gasteiger partial charge < -0.3 is 9.47 Å². The molecule has 1 heterocycles. The summed E-state index contributed by atoms with van der Waals surface area (Å²) >= 11 is 0. The number of hydrogen-bond donors (Lipinski definition) is 0. The molecule has 2 nitrogen and oxygen atoms in total. The highest BCUT2D eigenvalue weighted by Crippen LogP contribution is 2.31. The Morgan fingerprint density at radius 3 is 2.69 bits per heavy atom. The van der Waals surface area contributed by atoms with E-state index in [1.165, 1.54) is 18.9 Å². The monoisotopic (exact) mass is 200 g/mol. The van der Waals surface area contributed by atoms with Crippen LogP contribution in [-0.2, 0) is 9.47 Å². The van der Waals surface area contributed by atoms with E-state index >= 15 is 0 Å². The van der Waals surface area contributed by atoms with Crippen molar-refractivity contribution in [2.45, 2.75) is 32.4 Å². The van der Waals surface area contributed by atoms with Crippen molar-refractivity contribution in [1.82, 2.24) is 0 Å². The Bertz CT molecular complexity index is 129. The Morgan fingerprint density at radius 1 is 1.46 bits per heavy atom. The molecular weight excluding hydrogens is 180 g/mol. The van der Waals surface area contributed by atoms with Crippen molar-refractivity contribution >= 4 is 9.52 Å². The van der Waals surface area contributed by atoms with Crippen molar-refractivity contribution in [2.75, 3.05) is 26.4 Å². The first kappa shape index (κ1) is 11.2. The predicted octanol–water partition coefficient (Wildman–Crippen LogP) is 1.99. The second-order valence-corrected chi connectivity index (χ2v) is 5.06. The highest BCUT2D eigenvalue weighted by molar-refractivity contribution is 6.33. The third kappa shape index (κ3) is 3.41. The van der Waals surface area contributed by atoms with Crippen molar-refractivity contribution in [2.24, 2.45) is 5.41 Å². The van der Waals surface area contributed by atoms with Gasteiger partial charge in [-0.3, -0.25) is 0 Å². The smallest absolute Gasteiger partial charge is 0.0566 e. The van der Waals surface area contributed by atoms with Crippen LogP contribution in [0.15, 0.2) is 0 Å². The molecule has 13 heavy (non-hydrogen) atoms. The molecule has 0 bridgehead atoms. The number of ether oxygens (including phenoxy) is 2. The van der Waals surface area contributed by atoms with Gasteiger partial charge in [0.15, 0.2) is 0 Å². The van der Waals surface area contributed by atoms with E-state index < -0.39 is 0 Å². The molecule has 1 saturated heterocycles. The molecular formula is C10H20O2Si. The van der Waals surface area contributed by atoms with Crippen LogP contribution in [0, 0.1) is 5.41 Å². The molecule has 0 N–H and O–H groups in total. The maximum Gasteiger partial charge on any atom is 0.0566 e. The van der Waals surface area contributed by atoms with Gasteiger partial charge in [0.05, 0.1) is 19.8 Å². The van der Waals surface area contributed by atoms with E-state index in [9.17, 15) is 0 Å². The van der Waals surface area contributed by atoms with Gasteiger partial charge in [-0.1, -0.05) is 19.5 Å². The van der Waals surface area contributed by atoms with Gasteiger partial charge in [-0.05, 0) is 12.8 Å². The fourth-order valence-corrected chi connectivity index (χ4v) is 1.92. The SMILES string of the molecule is CCC1(COCCC[Si]C)COC1. The van der Waals surface area contributed by atoms with E-state index in [-0.39, 0.29) is 0 Å². The van der Waals surface area contributed by atoms with E-state index in [4.69, 9.17) is 9.47 Å². The molecule has 76 valence electrons. The zero-order valence-electron chi connectivity index (χ0n) is 8.77. The van der Waals surface area contributed by atoms with E-state index in [2.05, 4.69) is 13.5 Å². The van der Waals surface area contributed by atoms with Gasteiger partial charge in [0.1, 0.15) is 0 Å². The molecule has 0 unspecified atom stereocenters. The third-order valence-corrected chi connectivity index (χ3v) is 3.54. The number of hydrogen-bond acceptors (Lipinski definition) is 2. The van der Waals surface area contributed by atoms with Crippen LogP contribution >= 0.6 is 0 Å². The lowest BCUT2D eigenvalue weighted by atomic mass is 9.84. The second kappa shape index (κ2) is 5.78. The van der Waals surface area contributed by atoms with Crippen molar-refractivity contribution in [3.8, 4) is 0 Å². The summed E-state index contributed by atoms with van der Waals surface area (Å²) in [7, 11) is 1.07. The average Bonchev–Trinajstić information content (AvgIpc) is 2.09. The molecule has 3 heteroatoms. The summed E-state index contributed by atoms with van der Waals surface area (Å²) in [6, 6.07) is 1.32. The third-order valence-electron chi connectivity index (χ3n) is 2.69. The summed E-state index contributed by atoms with van der Waals surface area (Å²) in [6.45, 7) is 8.10. The van der Waals surface area contributed by atoms with Crippen molar-refractivity contribution < 1.29 is 9.47 Å². The van der Waals surface area contributed by atoms with Gasteiger partial charge in [-0.2, -0.15) is 0 Å². The van der Waals surface area contributed by atoms with Crippen LogP contribution in [-0.4, -0.2) is 35.9 Å². The molecule has 1 fully saturated rings. The fraction of sp³-hybridized carbons (Fsp3) is 1.00. The van der Waals surface area contributed by atoms with Crippen LogP contribution in [0.4, 0.5) is 0 Å². The summed E-state index contributed by atoms with van der Waals surface area (Å²) in [5.74, 6) is 0. The highest BCUT2D eigenvalue weighted by atomic mass is 28.2. The zero-order valence-corrected chi connectivity index (χ0v) is 9.77. The Labute approximate surface area is 83.8 Å². The summed E-state index contributed by atoms with van der Waals surface area (Å²) in [4.78, 5) is 0. The van der Waals surface area contributed by atoms with Crippen LogP contribution in [0.5, 0.6) is 0 Å². The van der Waals surface area contributed by atoms with Crippen molar-refractivity contribution in [3.05, 3.63) is 0 Å². The number of rotatable bonds is 7. The maximum atomic E-state index is 5.66. The topological polar surface area (TPSA) is 18.5 Å². The van der Waals surface area contributed by atoms with E-state index in [0.29, 0.717) is 5.41 Å². The first-order chi connectivity index (χ1) is 6.33. The molecule has 0 aromatic carbocycles. The summed E-state index contributed by atoms with van der Waals surface area (Å²) in [5, 5.41) is 0. The van der Waals surface area contributed by atoms with Crippen LogP contribution < -0.4 is 0 Å². The van der Waals surface area contributed by atoms with Gasteiger partial charge in [-0.15, -0.1) is 0 Å². The minimum Gasteiger partial charge on any atom is -0.381 e. The normalized spacial score (nSPS) is 19.8. The fourth-order valence-electron chi connectivity index (χ4n) is 1.42. The van der Waals surface area contributed by atoms with Crippen LogP contribution in [0.2, 0.25) is 12.6 Å². The standard InChI is InChI=1S/C10H20O2Si/c1-3-10(8-12-9-10)7-11-5-4-6-13-2/h3-9H2,1-2H3. The zero-order chi connectivity index (χ0) is 9.57. The van der Waals surface area contributed by atoms with Crippen LogP contribution in [0.3, 0.4) is 0 Å². The van der Waals surface area contributed by atoms with Crippen molar-refractivity contribution in [3.63, 3.8) is 0 Å². The summed E-state index contributed by atoms with van der Waals surface area (Å²) in [5.41, 5.74) is 0.370. The first-order valence-electron chi connectivity index (χ1n) is 5.13. The lowest BCUT2D eigenvalue weighted by Crippen LogP contribution is -2.45. The van der Waals surface area contributed by atoms with E-state index in [1.807, 2.05) is 0 Å². The molecule has 0 aromatic rings. The molecule has 0 atom stereocenters. The molecule has 2 radical (unpaired) electrons. The van der Waals surface area contributed by atoms with Crippen molar-refractivity contribution in [1.29, 1.82) is 0 Å². The van der Waals surface area contributed by atoms with Gasteiger partial charge in [0, 0.05) is 21.5 Å². The Hall–Kier alpha value is 0.137. The first-order valence-corrected chi connectivity index (χ1v) is 6.84. The highest BCUT2D eigenvalue weighted by Gasteiger charge is 2.36. The predicted molar refractivity (Wildman–Crippen MR) is 55.4 cm³/mol. The second-order valence-electron chi connectivity index (χ2n) is 3.86. The van der Waals surface area contributed by atoms with Gasteiger partial charge in [0.2, 0.25) is 0 Å². The van der Waals surface area contributed by atoms with Gasteiger partial charge in [0.25, 0.3) is 0 Å². The molecule has 1 aliphatic heterocycles. The average molecular weight is 200 g/mol. The van der Waals surface area contributed by atoms with E-state index in [1.54, 1.807) is 0 Å². The minimum atomic E-state index is 0.370. The molecule has 0 aliphatic carbocycles. The molecule has 0 amide bonds. The lowest BCUT2D eigenvalue weighted by molar-refractivity contribution is -0.150. The summed E-state index contributed by atoms with van der Waals surface area (Å²) in [6.07, 6.45) is 2.40. The van der Waals surface area contributed by atoms with Gasteiger partial charge in [-0.25, -0.2) is 0 Å². The molecule has 1 rings (SSSR count). The molecule has 1 aliphatic rings. The Kier molecular flexibility index (Phi) is 4.99. The van der Waals surface area contributed by atoms with E-state index in [0.717, 1.165) is 35.9 Å². The Balaban J connectivity index is 1.98. The largest absolute Gasteiger partial charge is 0.381 e. The van der Waals surface area contributed by atoms with Crippen LogP contribution in [0.25, 0.3) is 0 Å². The van der Waals surface area contributed by atoms with Crippen LogP contribution in [0.1, 0.15) is 19.8 Å². The Morgan fingerprint density at radius 2 is 2.23 bits per heavy atom.